The molecule has 10 N–H and O–H groups in total. The van der Waals surface area contributed by atoms with Gasteiger partial charge < -0.3 is 47.6 Å². The molecule has 2 rings (SSSR count). The molecule has 0 aromatic rings. The van der Waals surface area contributed by atoms with E-state index in [2.05, 4.69) is 71.8 Å². The van der Waals surface area contributed by atoms with Gasteiger partial charge in [-0.1, -0.05) is 64.4 Å². The quantitative estimate of drug-likeness (QED) is 0.0440. The van der Waals surface area contributed by atoms with E-state index in [1.54, 1.807) is 0 Å². The second-order valence-electron chi connectivity index (χ2n) is 11.3. The molecule has 43 heavy (non-hydrogen) atoms. The highest BCUT2D eigenvalue weighted by Crippen LogP contribution is 2.33. The van der Waals surface area contributed by atoms with Crippen molar-refractivity contribution in [3.63, 3.8) is 0 Å². The average molecular weight is 841 g/mol. The molecule has 0 saturated heterocycles. The number of carboxylic acids is 3. The number of aliphatic carboxylic acids is 3. The largest absolute Gasteiger partial charge is 0.480 e. The van der Waals surface area contributed by atoms with Gasteiger partial charge in [-0.3, -0.25) is 14.4 Å². The highest BCUT2D eigenvalue weighted by molar-refractivity contribution is 14.1. The number of nitrogens with two attached hydrogens (primary N) is 1. The fraction of sp³-hybridized carbons (Fsp3) is 0.897. The first-order valence-corrected chi connectivity index (χ1v) is 18.2. The minimum absolute atomic E-state index is 0.0274. The molecule has 2 aliphatic rings. The van der Waals surface area contributed by atoms with Crippen LogP contribution in [-0.4, -0.2) is 112 Å². The van der Waals surface area contributed by atoms with Gasteiger partial charge in [0.1, 0.15) is 18.1 Å². The average Bonchev–Trinajstić information content (AvgIpc) is 2.97. The zero-order valence-electron chi connectivity index (χ0n) is 26.3. The maximum Gasteiger partial charge on any atom is 0.320 e. The summed E-state index contributed by atoms with van der Waals surface area (Å²) in [6, 6.07) is -1.77. The van der Waals surface area contributed by atoms with Gasteiger partial charge in [0.2, 0.25) is 0 Å². The van der Waals surface area contributed by atoms with Gasteiger partial charge >= 0.3 is 17.9 Å². The standard InChI is InChI=1S/C18H36N4O4.C7H16N2O2.C4H6I2/c1-19-11-5-3-7-15(17(23)24)21-13-9-10-14(13)22-16(18(25)26)8-4-6-12-20-2;1-9-5-3-2-4-6(8)7(10)11;5-3-1-2-4(3)6/h13-16,19-22H,3-12H2,1-2H3,(H,23,24)(H,25,26);6,9H,2-5,8H2,1H3,(H,10,11);3-4H,1-2H2. The summed E-state index contributed by atoms with van der Waals surface area (Å²) in [5.41, 5.74) is 5.28. The lowest BCUT2D eigenvalue weighted by Gasteiger charge is -2.41. The van der Waals surface area contributed by atoms with E-state index in [0.29, 0.717) is 19.3 Å². The summed E-state index contributed by atoms with van der Waals surface area (Å²) in [5.74, 6) is -2.57. The van der Waals surface area contributed by atoms with Gasteiger partial charge in [0.05, 0.1) is 0 Å². The van der Waals surface area contributed by atoms with Crippen LogP contribution in [0.5, 0.6) is 0 Å². The predicted molar refractivity (Wildman–Crippen MR) is 190 cm³/mol. The molecule has 0 heterocycles. The van der Waals surface area contributed by atoms with Gasteiger partial charge in [0.25, 0.3) is 0 Å². The Balaban J connectivity index is 0.000000842. The molecule has 2 fully saturated rings. The lowest BCUT2D eigenvalue weighted by molar-refractivity contribution is -0.142. The van der Waals surface area contributed by atoms with Crippen molar-refractivity contribution in [2.24, 2.45) is 5.73 Å². The number of rotatable bonds is 22. The zero-order valence-corrected chi connectivity index (χ0v) is 30.6. The van der Waals surface area contributed by atoms with Crippen LogP contribution in [0.15, 0.2) is 0 Å². The Morgan fingerprint density at radius 3 is 1.21 bits per heavy atom. The van der Waals surface area contributed by atoms with Gasteiger partial charge in [0, 0.05) is 19.9 Å². The Bertz CT molecular complexity index is 710. The van der Waals surface area contributed by atoms with Crippen LogP contribution in [0.1, 0.15) is 83.5 Å². The van der Waals surface area contributed by atoms with Crippen LogP contribution in [0, 0.1) is 0 Å². The Hall–Kier alpha value is -0.370. The van der Waals surface area contributed by atoms with Crippen molar-refractivity contribution >= 4 is 63.1 Å². The van der Waals surface area contributed by atoms with Crippen molar-refractivity contribution in [1.82, 2.24) is 26.6 Å². The van der Waals surface area contributed by atoms with Crippen molar-refractivity contribution < 1.29 is 29.7 Å². The summed E-state index contributed by atoms with van der Waals surface area (Å²) in [5, 5.41) is 42.8. The molecule has 7 unspecified atom stereocenters. The number of carbonyl (C=O) groups is 3. The maximum atomic E-state index is 11.5. The fourth-order valence-corrected chi connectivity index (χ4v) is 5.92. The first-order valence-electron chi connectivity index (χ1n) is 15.7. The van der Waals surface area contributed by atoms with Crippen LogP contribution in [0.25, 0.3) is 0 Å². The summed E-state index contributed by atoms with van der Waals surface area (Å²) >= 11 is 5.02. The van der Waals surface area contributed by atoms with Crippen molar-refractivity contribution in [3.05, 3.63) is 0 Å². The molecular weight excluding hydrogens is 782 g/mol. The molecule has 0 bridgehead atoms. The molecule has 14 heteroatoms. The van der Waals surface area contributed by atoms with Crippen LogP contribution in [0.2, 0.25) is 0 Å². The SMILES string of the molecule is CNCCCCC(N)C(=O)O.CNCCCCC(NC1CCC1NC(CCCCNC)C(=O)O)C(=O)O.IC1CCC1I. The summed E-state index contributed by atoms with van der Waals surface area (Å²) in [6.45, 7) is 2.69. The molecule has 254 valence electrons. The molecule has 2 aliphatic carbocycles. The number of carboxylic acid groups (broad SMARTS) is 3. The molecule has 0 radical (unpaired) electrons. The summed E-state index contributed by atoms with van der Waals surface area (Å²) in [7, 11) is 5.64. The number of hydrogen-bond donors (Lipinski definition) is 9. The topological polar surface area (TPSA) is 198 Å². The predicted octanol–water partition coefficient (Wildman–Crippen LogP) is 2.56. The van der Waals surface area contributed by atoms with Crippen molar-refractivity contribution in [2.75, 3.05) is 40.8 Å². The van der Waals surface area contributed by atoms with Crippen molar-refractivity contribution in [3.8, 4) is 0 Å². The van der Waals surface area contributed by atoms with Crippen molar-refractivity contribution in [2.45, 2.75) is 122 Å². The van der Waals surface area contributed by atoms with Crippen molar-refractivity contribution in [1.29, 1.82) is 0 Å². The van der Waals surface area contributed by atoms with E-state index in [1.807, 2.05) is 21.1 Å². The maximum absolute atomic E-state index is 11.5. The van der Waals surface area contributed by atoms with Crippen LogP contribution in [-0.2, 0) is 14.4 Å². The number of unbranched alkanes of at least 4 members (excludes halogenated alkanes) is 3. The molecule has 0 aromatic heterocycles. The zero-order chi connectivity index (χ0) is 32.6. The van der Waals surface area contributed by atoms with Crippen LogP contribution >= 0.6 is 45.2 Å². The van der Waals surface area contributed by atoms with Gasteiger partial charge in [-0.2, -0.15) is 0 Å². The van der Waals surface area contributed by atoms with Gasteiger partial charge in [0.15, 0.2) is 0 Å². The van der Waals surface area contributed by atoms with E-state index in [-0.39, 0.29) is 12.1 Å². The summed E-state index contributed by atoms with van der Waals surface area (Å²) in [6.07, 6.45) is 11.8. The minimum atomic E-state index is -0.908. The normalized spacial score (nSPS) is 22.7. The van der Waals surface area contributed by atoms with Crippen LogP contribution < -0.4 is 32.3 Å². The summed E-state index contributed by atoms with van der Waals surface area (Å²) < 4.78 is 1.98. The second kappa shape index (κ2) is 26.8. The monoisotopic (exact) mass is 840 g/mol. The minimum Gasteiger partial charge on any atom is -0.480 e. The number of hydrogen-bond acceptors (Lipinski definition) is 9. The molecule has 12 nitrogen and oxygen atoms in total. The molecule has 0 aliphatic heterocycles. The number of alkyl halides is 2. The molecular formula is C29H58I2N6O6. The number of nitrogens with one attached hydrogen (secondary N) is 5. The highest BCUT2D eigenvalue weighted by atomic mass is 127. The third-order valence-electron chi connectivity index (χ3n) is 7.66. The molecule has 0 spiro atoms. The smallest absolute Gasteiger partial charge is 0.320 e. The first-order chi connectivity index (χ1) is 20.5. The second-order valence-corrected chi connectivity index (χ2v) is 14.5. The number of halogens is 2. The van der Waals surface area contributed by atoms with Gasteiger partial charge in [-0.15, -0.1) is 0 Å². The molecule has 7 atom stereocenters. The third kappa shape index (κ3) is 21.1. The van der Waals surface area contributed by atoms with Gasteiger partial charge in [-0.05, 0) is 105 Å². The highest BCUT2D eigenvalue weighted by Gasteiger charge is 2.36. The summed E-state index contributed by atoms with van der Waals surface area (Å²) in [4.78, 5) is 33.2. The Morgan fingerprint density at radius 2 is 0.977 bits per heavy atom. The van der Waals surface area contributed by atoms with Gasteiger partial charge in [-0.25, -0.2) is 0 Å². The molecule has 0 aromatic carbocycles. The molecule has 0 amide bonds. The van der Waals surface area contributed by atoms with Crippen LogP contribution in [0.3, 0.4) is 0 Å². The van der Waals surface area contributed by atoms with E-state index in [4.69, 9.17) is 10.8 Å². The molecule has 2 saturated carbocycles. The lowest BCUT2D eigenvalue weighted by atomic mass is 9.84. The Morgan fingerprint density at radius 1 is 0.628 bits per heavy atom. The first kappa shape index (κ1) is 42.6. The Labute approximate surface area is 285 Å². The van der Waals surface area contributed by atoms with E-state index >= 15 is 0 Å². The van der Waals surface area contributed by atoms with E-state index < -0.39 is 36.0 Å². The Kier molecular flexibility index (Phi) is 26.6. The van der Waals surface area contributed by atoms with E-state index in [9.17, 15) is 24.6 Å². The van der Waals surface area contributed by atoms with Crippen LogP contribution in [0.4, 0.5) is 0 Å². The fourth-order valence-electron chi connectivity index (χ4n) is 4.48. The lowest BCUT2D eigenvalue weighted by Crippen LogP contribution is -2.61. The van der Waals surface area contributed by atoms with E-state index in [1.165, 1.54) is 12.8 Å². The third-order valence-corrected chi connectivity index (χ3v) is 12.0. The van der Waals surface area contributed by atoms with E-state index in [0.717, 1.165) is 78.9 Å².